The number of rotatable bonds is 6. The van der Waals surface area contributed by atoms with Gasteiger partial charge < -0.3 is 20.1 Å². The molecule has 4 heterocycles. The number of nitrogen functional groups attached to an aromatic ring is 1. The average Bonchev–Trinajstić information content (AvgIpc) is 3.26. The zero-order valence-corrected chi connectivity index (χ0v) is 15.2. The van der Waals surface area contributed by atoms with Crippen LogP contribution in [0.5, 0.6) is 0 Å². The highest BCUT2D eigenvalue weighted by atomic mass is 31.2. The topological polar surface area (TPSA) is 144 Å². The van der Waals surface area contributed by atoms with Crippen LogP contribution in [0.3, 0.4) is 0 Å². The molecule has 3 N–H and O–H groups in total. The molecule has 4 rings (SSSR count). The molecule has 2 fully saturated rings. The lowest BCUT2D eigenvalue weighted by molar-refractivity contribution is -0.174. The van der Waals surface area contributed by atoms with Gasteiger partial charge in [-0.15, -0.1) is 0 Å². The first kappa shape index (κ1) is 17.8. The van der Waals surface area contributed by atoms with Crippen LogP contribution in [-0.2, 0) is 23.1 Å². The van der Waals surface area contributed by atoms with Gasteiger partial charge in [-0.25, -0.2) is 19.5 Å². The Morgan fingerprint density at radius 1 is 1.50 bits per heavy atom. The molecule has 0 saturated carbocycles. The molecular formula is C14H20N5O6P. The van der Waals surface area contributed by atoms with Crippen molar-refractivity contribution in [1.82, 2.24) is 19.5 Å². The highest BCUT2D eigenvalue weighted by Crippen LogP contribution is 2.55. The Morgan fingerprint density at radius 2 is 2.31 bits per heavy atom. The van der Waals surface area contributed by atoms with Gasteiger partial charge in [-0.2, -0.15) is 0 Å². The number of hydrogen-bond donors (Lipinski definition) is 2. The molecule has 0 radical (unpaired) electrons. The minimum Gasteiger partial charge on any atom is -0.382 e. The zero-order chi connectivity index (χ0) is 18.5. The van der Waals surface area contributed by atoms with Gasteiger partial charge in [0.2, 0.25) is 0 Å². The fourth-order valence-corrected chi connectivity index (χ4v) is 4.34. The van der Waals surface area contributed by atoms with E-state index in [9.17, 15) is 9.46 Å². The summed E-state index contributed by atoms with van der Waals surface area (Å²) in [6.07, 6.45) is 2.24. The van der Waals surface area contributed by atoms with Gasteiger partial charge in [0, 0.05) is 7.11 Å². The summed E-state index contributed by atoms with van der Waals surface area (Å²) >= 11 is 0. The summed E-state index contributed by atoms with van der Waals surface area (Å²) in [4.78, 5) is 22.2. The molecule has 0 amide bonds. The second-order valence-electron chi connectivity index (χ2n) is 6.36. The Balaban J connectivity index is 1.73. The van der Waals surface area contributed by atoms with Crippen molar-refractivity contribution in [1.29, 1.82) is 0 Å². The Kier molecular flexibility index (Phi) is 4.25. The number of nitrogens with zero attached hydrogens (tertiary/aromatic N) is 4. The molecule has 2 aliphatic heterocycles. The monoisotopic (exact) mass is 385 g/mol. The average molecular weight is 385 g/mol. The van der Waals surface area contributed by atoms with E-state index >= 15 is 0 Å². The lowest BCUT2D eigenvalue weighted by atomic mass is 9.94. The van der Waals surface area contributed by atoms with Crippen molar-refractivity contribution >= 4 is 24.8 Å². The van der Waals surface area contributed by atoms with Gasteiger partial charge in [0.25, 0.3) is 0 Å². The first-order valence-electron chi connectivity index (χ1n) is 8.20. The van der Waals surface area contributed by atoms with Gasteiger partial charge in [0.1, 0.15) is 29.7 Å². The van der Waals surface area contributed by atoms with E-state index < -0.39 is 31.9 Å². The Bertz CT molecular complexity index is 877. The fourth-order valence-electron chi connectivity index (χ4n) is 3.66. The van der Waals surface area contributed by atoms with Crippen LogP contribution in [0.2, 0.25) is 0 Å². The summed E-state index contributed by atoms with van der Waals surface area (Å²) < 4.78 is 35.8. The maximum Gasteiger partial charge on any atom is 0.472 e. The molecule has 0 spiro atoms. The summed E-state index contributed by atoms with van der Waals surface area (Å²) in [5.74, 6) is 0.258. The first-order chi connectivity index (χ1) is 12.4. The molecular weight excluding hydrogens is 365 g/mol. The van der Waals surface area contributed by atoms with Gasteiger partial charge in [0.15, 0.2) is 17.7 Å². The third kappa shape index (κ3) is 2.63. The Morgan fingerprint density at radius 3 is 3.04 bits per heavy atom. The van der Waals surface area contributed by atoms with Crippen LogP contribution in [0, 0.1) is 0 Å². The molecule has 2 aromatic heterocycles. The van der Waals surface area contributed by atoms with E-state index in [1.165, 1.54) is 12.7 Å². The minimum absolute atomic E-state index is 0.258. The Labute approximate surface area is 149 Å². The number of aromatic nitrogens is 4. The molecule has 2 saturated heterocycles. The van der Waals surface area contributed by atoms with E-state index in [4.69, 9.17) is 19.7 Å². The number of ether oxygens (including phenoxy) is 2. The normalized spacial score (nSPS) is 33.0. The second kappa shape index (κ2) is 6.22. The van der Waals surface area contributed by atoms with Crippen LogP contribution in [-0.4, -0.2) is 55.9 Å². The van der Waals surface area contributed by atoms with Gasteiger partial charge in [-0.05, 0) is 6.42 Å². The van der Waals surface area contributed by atoms with Crippen molar-refractivity contribution in [2.24, 2.45) is 0 Å². The Hall–Kier alpha value is -1.62. The molecule has 2 aliphatic rings. The number of imidazole rings is 1. The van der Waals surface area contributed by atoms with E-state index in [-0.39, 0.29) is 12.4 Å². The molecule has 12 heteroatoms. The molecule has 11 nitrogen and oxygen atoms in total. The minimum atomic E-state index is -4.21. The number of fused-ring (bicyclic) bond motifs is 3. The van der Waals surface area contributed by atoms with E-state index in [2.05, 4.69) is 19.5 Å². The van der Waals surface area contributed by atoms with Gasteiger partial charge >= 0.3 is 7.82 Å². The molecule has 5 atom stereocenters. The van der Waals surface area contributed by atoms with E-state index in [1.807, 2.05) is 6.92 Å². The van der Waals surface area contributed by atoms with Crippen molar-refractivity contribution in [3.05, 3.63) is 12.7 Å². The van der Waals surface area contributed by atoms with Gasteiger partial charge in [-0.1, -0.05) is 13.3 Å². The largest absolute Gasteiger partial charge is 0.472 e. The van der Waals surface area contributed by atoms with Gasteiger partial charge in [-0.3, -0.25) is 13.6 Å². The summed E-state index contributed by atoms with van der Waals surface area (Å²) in [5.41, 5.74) is 5.92. The van der Waals surface area contributed by atoms with Crippen LogP contribution >= 0.6 is 7.82 Å². The first-order valence-corrected chi connectivity index (χ1v) is 9.69. The predicted octanol–water partition coefficient (Wildman–Crippen LogP) is 1.01. The fraction of sp³-hybridized carbons (Fsp3) is 0.643. The summed E-state index contributed by atoms with van der Waals surface area (Å²) in [6.45, 7) is 2.26. The zero-order valence-electron chi connectivity index (χ0n) is 14.3. The number of phosphoric ester groups is 1. The van der Waals surface area contributed by atoms with Crippen LogP contribution < -0.4 is 5.73 Å². The molecule has 0 aromatic carbocycles. The molecule has 2 unspecified atom stereocenters. The predicted molar refractivity (Wildman–Crippen MR) is 88.9 cm³/mol. The van der Waals surface area contributed by atoms with E-state index in [0.717, 1.165) is 13.5 Å². The SMILES string of the molecule is CCC[C@@]12CO[C@@H](C1OP(=O)(O)OC)[C@H](n1cnc3c(N)ncnc31)O2. The quantitative estimate of drug-likeness (QED) is 0.691. The van der Waals surface area contributed by atoms with Crippen molar-refractivity contribution < 1.29 is 28.0 Å². The summed E-state index contributed by atoms with van der Waals surface area (Å²) in [6, 6.07) is 0. The summed E-state index contributed by atoms with van der Waals surface area (Å²) in [5, 5.41) is 0. The number of anilines is 1. The highest BCUT2D eigenvalue weighted by Gasteiger charge is 2.64. The molecule has 2 aromatic rings. The van der Waals surface area contributed by atoms with Crippen LogP contribution in [0.1, 0.15) is 26.0 Å². The van der Waals surface area contributed by atoms with E-state index in [1.54, 1.807) is 4.57 Å². The number of hydrogen-bond acceptors (Lipinski definition) is 9. The molecule has 142 valence electrons. The lowest BCUT2D eigenvalue weighted by Gasteiger charge is -2.31. The van der Waals surface area contributed by atoms with Crippen LogP contribution in [0.25, 0.3) is 11.2 Å². The van der Waals surface area contributed by atoms with Crippen LogP contribution in [0.4, 0.5) is 5.82 Å². The second-order valence-corrected chi connectivity index (χ2v) is 7.87. The van der Waals surface area contributed by atoms with Gasteiger partial charge in [0.05, 0.1) is 12.9 Å². The van der Waals surface area contributed by atoms with Crippen molar-refractivity contribution in [3.63, 3.8) is 0 Å². The third-order valence-corrected chi connectivity index (χ3v) is 5.74. The van der Waals surface area contributed by atoms with E-state index in [0.29, 0.717) is 17.6 Å². The van der Waals surface area contributed by atoms with Crippen LogP contribution in [0.15, 0.2) is 12.7 Å². The van der Waals surface area contributed by atoms with Crippen molar-refractivity contribution in [3.8, 4) is 0 Å². The number of phosphoric acid groups is 1. The third-order valence-electron chi connectivity index (χ3n) is 4.79. The molecule has 26 heavy (non-hydrogen) atoms. The lowest BCUT2D eigenvalue weighted by Crippen LogP contribution is -2.41. The van der Waals surface area contributed by atoms with Crippen molar-refractivity contribution in [2.45, 2.75) is 43.8 Å². The summed E-state index contributed by atoms with van der Waals surface area (Å²) in [7, 11) is -3.10. The maximum absolute atomic E-state index is 12.0. The smallest absolute Gasteiger partial charge is 0.382 e. The van der Waals surface area contributed by atoms with Crippen molar-refractivity contribution in [2.75, 3.05) is 19.5 Å². The molecule has 0 aliphatic carbocycles. The highest BCUT2D eigenvalue weighted by molar-refractivity contribution is 7.47. The molecule has 2 bridgehead atoms. The number of nitrogens with two attached hydrogens (primary N) is 1. The standard InChI is InChI=1S/C14H20N5O6P/c1-3-4-14-5-23-9(10(14)25-26(20,21)22-2)13(24-14)19-7-18-8-11(15)16-6-17-12(8)19/h6-7,9-10,13H,3-5H2,1-2H3,(H,20,21)(H2,15,16,17)/t9-,10?,13+,14+/m0/s1. The maximum atomic E-state index is 12.0.